The second kappa shape index (κ2) is 6.55. The number of aromatic nitrogens is 3. The molecule has 2 aromatic heterocycles. The zero-order chi connectivity index (χ0) is 15.4. The molecule has 1 N–H and O–H groups in total. The Labute approximate surface area is 129 Å². The van der Waals surface area contributed by atoms with Crippen molar-refractivity contribution in [2.24, 2.45) is 0 Å². The molecule has 118 valence electrons. The standard InChI is InChI=1S/C14H18N4O3S/c19-22(20,14-8-16-17-9-14)18-7-3-5-13(10-18)21-11-12-4-1-2-6-15-12/h1-2,4,6,8-9,13H,3,5,7,10-11H2,(H,16,17). The van der Waals surface area contributed by atoms with E-state index in [-0.39, 0.29) is 11.0 Å². The highest BCUT2D eigenvalue weighted by Gasteiger charge is 2.31. The molecule has 0 bridgehead atoms. The van der Waals surface area contributed by atoms with Crippen molar-refractivity contribution in [2.75, 3.05) is 13.1 Å². The molecule has 3 rings (SSSR count). The van der Waals surface area contributed by atoms with E-state index in [0.717, 1.165) is 18.5 Å². The maximum Gasteiger partial charge on any atom is 0.246 e. The summed E-state index contributed by atoms with van der Waals surface area (Å²) in [6.07, 6.45) is 5.96. The molecule has 1 fully saturated rings. The van der Waals surface area contributed by atoms with Crippen LogP contribution < -0.4 is 0 Å². The summed E-state index contributed by atoms with van der Waals surface area (Å²) in [7, 11) is -3.49. The summed E-state index contributed by atoms with van der Waals surface area (Å²) in [4.78, 5) is 4.39. The molecule has 1 unspecified atom stereocenters. The van der Waals surface area contributed by atoms with Gasteiger partial charge in [-0.1, -0.05) is 6.07 Å². The van der Waals surface area contributed by atoms with Crippen molar-refractivity contribution in [3.05, 3.63) is 42.5 Å². The Morgan fingerprint density at radius 2 is 2.32 bits per heavy atom. The topological polar surface area (TPSA) is 88.2 Å². The monoisotopic (exact) mass is 322 g/mol. The highest BCUT2D eigenvalue weighted by Crippen LogP contribution is 2.21. The van der Waals surface area contributed by atoms with Crippen molar-refractivity contribution in [3.8, 4) is 0 Å². The fourth-order valence-corrected chi connectivity index (χ4v) is 3.89. The number of sulfonamides is 1. The number of H-pyrrole nitrogens is 1. The first kappa shape index (κ1) is 15.1. The lowest BCUT2D eigenvalue weighted by Crippen LogP contribution is -2.43. The van der Waals surface area contributed by atoms with Gasteiger partial charge in [-0.05, 0) is 25.0 Å². The van der Waals surface area contributed by atoms with Gasteiger partial charge in [0.05, 0.1) is 24.6 Å². The van der Waals surface area contributed by atoms with Gasteiger partial charge in [0, 0.05) is 25.5 Å². The Morgan fingerprint density at radius 1 is 1.41 bits per heavy atom. The third-order valence-corrected chi connectivity index (χ3v) is 5.48. The maximum atomic E-state index is 12.5. The zero-order valence-corrected chi connectivity index (χ0v) is 12.9. The average molecular weight is 322 g/mol. The van der Waals surface area contributed by atoms with Crippen molar-refractivity contribution in [2.45, 2.75) is 30.4 Å². The lowest BCUT2D eigenvalue weighted by Gasteiger charge is -2.31. The molecule has 7 nitrogen and oxygen atoms in total. The number of ether oxygens (including phenoxy) is 1. The van der Waals surface area contributed by atoms with Crippen LogP contribution in [0.15, 0.2) is 41.7 Å². The molecule has 8 heteroatoms. The summed E-state index contributed by atoms with van der Waals surface area (Å²) in [5.74, 6) is 0. The molecule has 0 radical (unpaired) electrons. The fraction of sp³-hybridized carbons (Fsp3) is 0.429. The van der Waals surface area contributed by atoms with E-state index in [9.17, 15) is 8.42 Å². The third kappa shape index (κ3) is 3.34. The van der Waals surface area contributed by atoms with Crippen molar-refractivity contribution in [3.63, 3.8) is 0 Å². The molecular formula is C14H18N4O3S. The molecule has 2 aromatic rings. The molecule has 0 saturated carbocycles. The molecule has 1 atom stereocenters. The van der Waals surface area contributed by atoms with Crippen molar-refractivity contribution < 1.29 is 13.2 Å². The first-order valence-electron chi connectivity index (χ1n) is 7.17. The summed E-state index contributed by atoms with van der Waals surface area (Å²) in [5.41, 5.74) is 0.845. The Bertz CT molecular complexity index is 688. The number of aromatic amines is 1. The van der Waals surface area contributed by atoms with Gasteiger partial charge in [0.2, 0.25) is 10.0 Å². The van der Waals surface area contributed by atoms with E-state index >= 15 is 0 Å². The van der Waals surface area contributed by atoms with Crippen LogP contribution in [0, 0.1) is 0 Å². The van der Waals surface area contributed by atoms with E-state index in [1.807, 2.05) is 18.2 Å². The van der Waals surface area contributed by atoms with Crippen molar-refractivity contribution in [1.29, 1.82) is 0 Å². The van der Waals surface area contributed by atoms with E-state index in [1.165, 1.54) is 16.7 Å². The Morgan fingerprint density at radius 3 is 3.05 bits per heavy atom. The van der Waals surface area contributed by atoms with Crippen LogP contribution in [0.2, 0.25) is 0 Å². The second-order valence-electron chi connectivity index (χ2n) is 5.19. The molecule has 0 amide bonds. The van der Waals surface area contributed by atoms with E-state index in [0.29, 0.717) is 19.7 Å². The Hall–Kier alpha value is -1.77. The molecule has 22 heavy (non-hydrogen) atoms. The minimum absolute atomic E-state index is 0.113. The predicted octanol–water partition coefficient (Wildman–Crippen LogP) is 1.17. The summed E-state index contributed by atoms with van der Waals surface area (Å²) in [6, 6.07) is 5.65. The van der Waals surface area contributed by atoms with Gasteiger partial charge >= 0.3 is 0 Å². The predicted molar refractivity (Wildman–Crippen MR) is 79.4 cm³/mol. The minimum atomic E-state index is -3.49. The molecule has 3 heterocycles. The fourth-order valence-electron chi connectivity index (χ4n) is 2.48. The van der Waals surface area contributed by atoms with Crippen LogP contribution in [0.4, 0.5) is 0 Å². The molecule has 1 aliphatic rings. The SMILES string of the molecule is O=S(=O)(c1cn[nH]c1)N1CCCC(OCc2ccccn2)C1. The summed E-state index contributed by atoms with van der Waals surface area (Å²) >= 11 is 0. The van der Waals surface area contributed by atoms with Crippen molar-refractivity contribution in [1.82, 2.24) is 19.5 Å². The number of piperidine rings is 1. The highest BCUT2D eigenvalue weighted by molar-refractivity contribution is 7.89. The van der Waals surface area contributed by atoms with Crippen LogP contribution in [-0.4, -0.2) is 47.1 Å². The maximum absolute atomic E-state index is 12.5. The van der Waals surface area contributed by atoms with Gasteiger partial charge in [-0.25, -0.2) is 8.42 Å². The average Bonchev–Trinajstić information content (AvgIpc) is 3.09. The Balaban J connectivity index is 1.62. The van der Waals surface area contributed by atoms with Crippen LogP contribution in [0.3, 0.4) is 0 Å². The van der Waals surface area contributed by atoms with E-state index in [1.54, 1.807) is 6.20 Å². The third-order valence-electron chi connectivity index (χ3n) is 3.64. The van der Waals surface area contributed by atoms with Crippen LogP contribution >= 0.6 is 0 Å². The minimum Gasteiger partial charge on any atom is -0.371 e. The van der Waals surface area contributed by atoms with Crippen LogP contribution in [0.5, 0.6) is 0 Å². The number of pyridine rings is 1. The molecular weight excluding hydrogens is 304 g/mol. The second-order valence-corrected chi connectivity index (χ2v) is 7.13. The molecule has 0 spiro atoms. The van der Waals surface area contributed by atoms with Gasteiger partial charge in [-0.15, -0.1) is 0 Å². The first-order chi connectivity index (χ1) is 10.7. The number of hydrogen-bond donors (Lipinski definition) is 1. The van der Waals surface area contributed by atoms with Crippen LogP contribution in [0.1, 0.15) is 18.5 Å². The molecule has 1 aliphatic heterocycles. The van der Waals surface area contributed by atoms with Gasteiger partial charge in [-0.3, -0.25) is 10.1 Å². The Kier molecular flexibility index (Phi) is 4.51. The van der Waals surface area contributed by atoms with Gasteiger partial charge in [0.1, 0.15) is 4.90 Å². The normalized spacial score (nSPS) is 20.1. The summed E-state index contributed by atoms with van der Waals surface area (Å²) in [6.45, 7) is 1.27. The smallest absolute Gasteiger partial charge is 0.246 e. The quantitative estimate of drug-likeness (QED) is 0.893. The molecule has 0 aliphatic carbocycles. The number of nitrogens with zero attached hydrogens (tertiary/aromatic N) is 3. The van der Waals surface area contributed by atoms with Crippen LogP contribution in [0.25, 0.3) is 0 Å². The lowest BCUT2D eigenvalue weighted by molar-refractivity contribution is 0.00666. The largest absolute Gasteiger partial charge is 0.371 e. The van der Waals surface area contributed by atoms with E-state index in [4.69, 9.17) is 4.74 Å². The van der Waals surface area contributed by atoms with Crippen molar-refractivity contribution >= 4 is 10.0 Å². The van der Waals surface area contributed by atoms with E-state index in [2.05, 4.69) is 15.2 Å². The van der Waals surface area contributed by atoms with Gasteiger partial charge in [-0.2, -0.15) is 9.40 Å². The highest BCUT2D eigenvalue weighted by atomic mass is 32.2. The first-order valence-corrected chi connectivity index (χ1v) is 8.61. The molecule has 1 saturated heterocycles. The summed E-state index contributed by atoms with van der Waals surface area (Å²) in [5, 5.41) is 6.25. The van der Waals surface area contributed by atoms with Crippen LogP contribution in [-0.2, 0) is 21.4 Å². The zero-order valence-electron chi connectivity index (χ0n) is 12.1. The van der Waals surface area contributed by atoms with Gasteiger partial charge in [0.25, 0.3) is 0 Å². The molecule has 0 aromatic carbocycles. The number of nitrogens with one attached hydrogen (secondary N) is 1. The van der Waals surface area contributed by atoms with Gasteiger partial charge < -0.3 is 4.74 Å². The van der Waals surface area contributed by atoms with Gasteiger partial charge in [0.15, 0.2) is 0 Å². The lowest BCUT2D eigenvalue weighted by atomic mass is 10.1. The number of hydrogen-bond acceptors (Lipinski definition) is 5. The number of rotatable bonds is 5. The van der Waals surface area contributed by atoms with E-state index < -0.39 is 10.0 Å². The summed E-state index contributed by atoms with van der Waals surface area (Å²) < 4.78 is 32.2.